The second kappa shape index (κ2) is 6.37. The lowest BCUT2D eigenvalue weighted by molar-refractivity contribution is -0.141. The van der Waals surface area contributed by atoms with Crippen molar-refractivity contribution in [3.05, 3.63) is 29.8 Å². The molecule has 23 heavy (non-hydrogen) atoms. The van der Waals surface area contributed by atoms with Gasteiger partial charge in [0, 0.05) is 12.0 Å². The molecule has 1 heterocycles. The average Bonchev–Trinajstić information content (AvgIpc) is 2.70. The van der Waals surface area contributed by atoms with Gasteiger partial charge in [0.15, 0.2) is 0 Å². The Kier molecular flexibility index (Phi) is 4.69. The summed E-state index contributed by atoms with van der Waals surface area (Å²) in [5.74, 6) is -1.41. The van der Waals surface area contributed by atoms with Crippen LogP contribution in [0.2, 0.25) is 0 Å². The van der Waals surface area contributed by atoms with Crippen LogP contribution < -0.4 is 10.0 Å². The van der Waals surface area contributed by atoms with Gasteiger partial charge in [0.1, 0.15) is 11.9 Å². The Morgan fingerprint density at radius 3 is 2.61 bits per heavy atom. The average molecular weight is 339 g/mol. The highest BCUT2D eigenvalue weighted by atomic mass is 32.2. The molecular weight excluding hydrogens is 322 g/mol. The highest BCUT2D eigenvalue weighted by molar-refractivity contribution is 7.90. The molecule has 1 aliphatic rings. The van der Waals surface area contributed by atoms with Crippen molar-refractivity contribution in [1.82, 2.24) is 10.0 Å². The molecule has 3 N–H and O–H groups in total. The summed E-state index contributed by atoms with van der Waals surface area (Å²) in [4.78, 5) is 26.8. The van der Waals surface area contributed by atoms with Crippen LogP contribution in [0.5, 0.6) is 0 Å². The number of hydrogen-bond donors (Lipinski definition) is 3. The van der Waals surface area contributed by atoms with E-state index in [1.165, 1.54) is 13.0 Å². The van der Waals surface area contributed by atoms with E-state index < -0.39 is 34.0 Å². The molecule has 0 spiro atoms. The number of carboxylic acid groups (broad SMARTS) is 1. The van der Waals surface area contributed by atoms with Crippen molar-refractivity contribution in [2.45, 2.75) is 37.2 Å². The fraction of sp³-hybridized carbons (Fsp3) is 0.357. The summed E-state index contributed by atoms with van der Waals surface area (Å²) in [6.07, 6.45) is -0.0506. The number of fused-ring (bicyclic) bond motifs is 1. The van der Waals surface area contributed by atoms with Crippen molar-refractivity contribution < 1.29 is 23.1 Å². The zero-order chi connectivity index (χ0) is 17.2. The predicted molar refractivity (Wildman–Crippen MR) is 82.6 cm³/mol. The van der Waals surface area contributed by atoms with Gasteiger partial charge in [0.05, 0.1) is 10.9 Å². The lowest BCUT2D eigenvalue weighted by atomic mass is 10.2. The molecule has 1 aliphatic heterocycles. The second-order valence-corrected chi connectivity index (χ2v) is 6.91. The molecule has 1 amide bonds. The number of nitrogens with zero attached hydrogens (tertiary/aromatic N) is 1. The number of carbonyl (C=O) groups excluding carboxylic acids is 1. The Labute approximate surface area is 133 Å². The lowest BCUT2D eigenvalue weighted by Gasteiger charge is -2.11. The van der Waals surface area contributed by atoms with E-state index in [1.807, 2.05) is 0 Å². The summed E-state index contributed by atoms with van der Waals surface area (Å²) in [5, 5.41) is 11.1. The molecule has 2 atom stereocenters. The molecule has 0 fully saturated rings. The van der Waals surface area contributed by atoms with Gasteiger partial charge in [-0.2, -0.15) is 0 Å². The van der Waals surface area contributed by atoms with E-state index in [0.29, 0.717) is 5.56 Å². The lowest BCUT2D eigenvalue weighted by Crippen LogP contribution is -2.39. The number of aliphatic carboxylic acids is 1. The number of carboxylic acids is 1. The quantitative estimate of drug-likeness (QED) is 0.701. The van der Waals surface area contributed by atoms with Gasteiger partial charge in [-0.15, -0.1) is 0 Å². The molecule has 0 radical (unpaired) electrons. The normalized spacial score (nSPS) is 19.5. The second-order valence-electron chi connectivity index (χ2n) is 5.26. The number of benzene rings is 1. The Hall–Kier alpha value is -2.42. The molecule has 0 bridgehead atoms. The monoisotopic (exact) mass is 339 g/mol. The van der Waals surface area contributed by atoms with Crippen LogP contribution in [0.1, 0.15) is 25.8 Å². The minimum absolute atomic E-state index is 0.0506. The van der Waals surface area contributed by atoms with E-state index >= 15 is 0 Å². The van der Waals surface area contributed by atoms with E-state index in [9.17, 15) is 18.0 Å². The Morgan fingerprint density at radius 2 is 1.96 bits per heavy atom. The first kappa shape index (κ1) is 16.9. The molecular formula is C14H17N3O5S. The van der Waals surface area contributed by atoms with Crippen molar-refractivity contribution >= 4 is 27.7 Å². The summed E-state index contributed by atoms with van der Waals surface area (Å²) in [7, 11) is -3.62. The van der Waals surface area contributed by atoms with Gasteiger partial charge in [0.25, 0.3) is 10.0 Å². The molecule has 9 heteroatoms. The maximum absolute atomic E-state index is 12.0. The molecule has 2 unspecified atom stereocenters. The van der Waals surface area contributed by atoms with Gasteiger partial charge in [-0.05, 0) is 26.0 Å². The predicted octanol–water partition coefficient (Wildman–Crippen LogP) is 0.0930. The smallest absolute Gasteiger partial charge is 0.325 e. The van der Waals surface area contributed by atoms with Crippen LogP contribution >= 0.6 is 0 Å². The van der Waals surface area contributed by atoms with Gasteiger partial charge >= 0.3 is 5.97 Å². The number of aliphatic imine (C=N–C) groups is 1. The number of sulfonamides is 1. The third-order valence-corrected chi connectivity index (χ3v) is 4.64. The molecule has 0 aliphatic carbocycles. The molecule has 124 valence electrons. The summed E-state index contributed by atoms with van der Waals surface area (Å²) >= 11 is 0. The van der Waals surface area contributed by atoms with Crippen molar-refractivity contribution in [2.24, 2.45) is 4.99 Å². The third-order valence-electron chi connectivity index (χ3n) is 3.24. The van der Waals surface area contributed by atoms with Crippen molar-refractivity contribution in [1.29, 1.82) is 0 Å². The van der Waals surface area contributed by atoms with Gasteiger partial charge in [-0.1, -0.05) is 12.1 Å². The minimum atomic E-state index is -3.62. The zero-order valence-electron chi connectivity index (χ0n) is 12.6. The van der Waals surface area contributed by atoms with Crippen LogP contribution in [-0.4, -0.2) is 43.3 Å². The van der Waals surface area contributed by atoms with Crippen LogP contribution in [0.15, 0.2) is 34.2 Å². The molecule has 1 aromatic carbocycles. The topological polar surface area (TPSA) is 125 Å². The number of hydrogen-bond acceptors (Lipinski definition) is 5. The third kappa shape index (κ3) is 3.86. The van der Waals surface area contributed by atoms with Gasteiger partial charge in [-0.3, -0.25) is 19.3 Å². The van der Waals surface area contributed by atoms with Crippen molar-refractivity contribution in [2.75, 3.05) is 0 Å². The fourth-order valence-corrected chi connectivity index (χ4v) is 3.37. The van der Waals surface area contributed by atoms with Gasteiger partial charge in [0.2, 0.25) is 5.91 Å². The number of rotatable bonds is 5. The highest BCUT2D eigenvalue weighted by Gasteiger charge is 2.30. The van der Waals surface area contributed by atoms with E-state index in [4.69, 9.17) is 5.11 Å². The van der Waals surface area contributed by atoms with Crippen LogP contribution in [-0.2, 0) is 19.6 Å². The molecule has 8 nitrogen and oxygen atoms in total. The SMILES string of the molecule is CC(CC(=O)NC(C)C(=O)O)N=C1NS(=O)(=O)c2ccccc21. The molecule has 0 aromatic heterocycles. The first-order valence-electron chi connectivity index (χ1n) is 6.93. The standard InChI is InChI=1S/C14H17N3O5S/c1-8(7-12(18)16-9(2)14(19)20)15-13-10-5-3-4-6-11(10)23(21,22)17-13/h3-6,8-9H,7H2,1-2H3,(H,15,17)(H,16,18)(H,19,20). The van der Waals surface area contributed by atoms with E-state index in [2.05, 4.69) is 15.0 Å². The summed E-state index contributed by atoms with van der Waals surface area (Å²) in [5.41, 5.74) is 0.457. The van der Waals surface area contributed by atoms with Gasteiger partial charge in [-0.25, -0.2) is 8.42 Å². The first-order valence-corrected chi connectivity index (χ1v) is 8.41. The van der Waals surface area contributed by atoms with Crippen LogP contribution in [0.3, 0.4) is 0 Å². The molecule has 1 aromatic rings. The summed E-state index contributed by atoms with van der Waals surface area (Å²) < 4.78 is 26.3. The van der Waals surface area contributed by atoms with Crippen LogP contribution in [0.4, 0.5) is 0 Å². The first-order chi connectivity index (χ1) is 10.7. The molecule has 0 saturated heterocycles. The fourth-order valence-electron chi connectivity index (χ4n) is 2.13. The summed E-state index contributed by atoms with van der Waals surface area (Å²) in [6, 6.07) is 4.92. The minimum Gasteiger partial charge on any atom is -0.480 e. The maximum Gasteiger partial charge on any atom is 0.325 e. The van der Waals surface area contributed by atoms with Crippen LogP contribution in [0, 0.1) is 0 Å². The molecule has 0 saturated carbocycles. The van der Waals surface area contributed by atoms with Crippen LogP contribution in [0.25, 0.3) is 0 Å². The Morgan fingerprint density at radius 1 is 1.30 bits per heavy atom. The van der Waals surface area contributed by atoms with Gasteiger partial charge < -0.3 is 10.4 Å². The zero-order valence-corrected chi connectivity index (χ0v) is 13.4. The summed E-state index contributed by atoms with van der Waals surface area (Å²) in [6.45, 7) is 3.01. The van der Waals surface area contributed by atoms with E-state index in [-0.39, 0.29) is 17.2 Å². The van der Waals surface area contributed by atoms with Crippen molar-refractivity contribution in [3.8, 4) is 0 Å². The highest BCUT2D eigenvalue weighted by Crippen LogP contribution is 2.22. The van der Waals surface area contributed by atoms with E-state index in [1.54, 1.807) is 25.1 Å². The number of nitrogens with one attached hydrogen (secondary N) is 2. The molecule has 2 rings (SSSR count). The number of amides is 1. The number of amidine groups is 1. The largest absolute Gasteiger partial charge is 0.480 e. The Bertz CT molecular complexity index is 772. The number of carbonyl (C=O) groups is 2. The Balaban J connectivity index is 2.11. The van der Waals surface area contributed by atoms with Crippen molar-refractivity contribution in [3.63, 3.8) is 0 Å². The van der Waals surface area contributed by atoms with E-state index in [0.717, 1.165) is 0 Å². The maximum atomic E-state index is 12.0.